The minimum absolute atomic E-state index is 0.0704. The molecular formula is C32H75N12P3. The van der Waals surface area contributed by atoms with Crippen LogP contribution in [0.25, 0.3) is 0 Å². The van der Waals surface area contributed by atoms with Gasteiger partial charge in [0, 0.05) is 58.9 Å². The van der Waals surface area contributed by atoms with Gasteiger partial charge in [0.15, 0.2) is 22.5 Å². The zero-order valence-electron chi connectivity index (χ0n) is 33.2. The maximum atomic E-state index is 9.36. The van der Waals surface area contributed by atoms with Crippen molar-refractivity contribution in [1.29, 1.82) is 5.16 Å². The number of hydrogen-bond donors (Lipinski definition) is 1. The van der Waals surface area contributed by atoms with Crippen molar-refractivity contribution in [2.45, 2.75) is 84.7 Å². The molecule has 47 heavy (non-hydrogen) atoms. The van der Waals surface area contributed by atoms with Gasteiger partial charge in [-0.25, -0.2) is 28.0 Å². The van der Waals surface area contributed by atoms with Crippen LogP contribution in [0.3, 0.4) is 0 Å². The molecule has 3 fully saturated rings. The Hall–Kier alpha value is 0.330. The van der Waals surface area contributed by atoms with Crippen LogP contribution in [0.5, 0.6) is 0 Å². The van der Waals surface area contributed by atoms with Crippen LogP contribution in [0, 0.1) is 11.1 Å². The van der Waals surface area contributed by atoms with Crippen LogP contribution in [0.2, 0.25) is 0 Å². The quantitative estimate of drug-likeness (QED) is 0.191. The molecule has 2 unspecified atom stereocenters. The Morgan fingerprint density at radius 2 is 1.04 bits per heavy atom. The summed E-state index contributed by atoms with van der Waals surface area (Å²) in [6.07, 6.45) is 6.40. The van der Waals surface area contributed by atoms with Crippen LogP contribution in [0.15, 0.2) is 9.49 Å². The van der Waals surface area contributed by atoms with Gasteiger partial charge in [-0.2, -0.15) is 0 Å². The van der Waals surface area contributed by atoms with E-state index in [1.54, 1.807) is 0 Å². The van der Waals surface area contributed by atoms with Crippen molar-refractivity contribution in [3.05, 3.63) is 0 Å². The lowest BCUT2D eigenvalue weighted by molar-refractivity contribution is 0.327. The molecule has 0 aliphatic carbocycles. The molecule has 0 aromatic heterocycles. The van der Waals surface area contributed by atoms with Gasteiger partial charge in [0.2, 0.25) is 0 Å². The van der Waals surface area contributed by atoms with Gasteiger partial charge < -0.3 is 0 Å². The molecule has 1 N–H and O–H groups in total. The first kappa shape index (κ1) is 41.7. The summed E-state index contributed by atoms with van der Waals surface area (Å²) in [5, 5.41) is 9.36. The molecule has 3 saturated heterocycles. The fourth-order valence-corrected chi connectivity index (χ4v) is 18.7. The van der Waals surface area contributed by atoms with Crippen molar-refractivity contribution in [2.75, 3.05) is 122 Å². The van der Waals surface area contributed by atoms with E-state index >= 15 is 0 Å². The number of nitrogens with one attached hydrogen (secondary N) is 1. The molecule has 0 radical (unpaired) electrons. The number of likely N-dealkylation sites (N-methyl/N-ethyl adjacent to an activating group) is 2. The molecule has 0 amide bonds. The van der Waals surface area contributed by atoms with E-state index in [1.807, 2.05) is 28.2 Å². The molecule has 3 aliphatic rings. The lowest BCUT2D eigenvalue weighted by atomic mass is 10.1. The van der Waals surface area contributed by atoms with E-state index in [0.717, 1.165) is 32.7 Å². The first-order valence-electron chi connectivity index (χ1n) is 18.0. The average molecular weight is 721 g/mol. The second kappa shape index (κ2) is 16.3. The van der Waals surface area contributed by atoms with Gasteiger partial charge in [0.1, 0.15) is 0 Å². The monoisotopic (exact) mass is 721 g/mol. The maximum absolute atomic E-state index is 9.36. The van der Waals surface area contributed by atoms with Gasteiger partial charge in [0.05, 0.1) is 11.1 Å². The average Bonchev–Trinajstić information content (AvgIpc) is 3.75. The van der Waals surface area contributed by atoms with E-state index in [-0.39, 0.29) is 11.1 Å². The second-order valence-electron chi connectivity index (χ2n) is 16.7. The van der Waals surface area contributed by atoms with Crippen molar-refractivity contribution >= 4 is 22.5 Å². The summed E-state index contributed by atoms with van der Waals surface area (Å²) in [4.78, 5) is 0. The van der Waals surface area contributed by atoms with Crippen molar-refractivity contribution in [3.63, 3.8) is 0 Å². The predicted octanol–water partition coefficient (Wildman–Crippen LogP) is 6.99. The van der Waals surface area contributed by atoms with Gasteiger partial charge >= 0.3 is 0 Å². The number of hydrogen-bond acceptors (Lipinski definition) is 3. The Balaban J connectivity index is 1.94. The third-order valence-electron chi connectivity index (χ3n) is 9.75. The Bertz CT molecular complexity index is 1130. The highest BCUT2D eigenvalue weighted by Crippen LogP contribution is 2.65. The summed E-state index contributed by atoms with van der Waals surface area (Å²) < 4.78 is 34.1. The van der Waals surface area contributed by atoms with Gasteiger partial charge in [-0.15, -0.1) is 0 Å². The predicted molar refractivity (Wildman–Crippen MR) is 208 cm³/mol. The van der Waals surface area contributed by atoms with Gasteiger partial charge in [-0.05, 0) is 143 Å². The maximum Gasteiger partial charge on any atom is 0.168 e. The summed E-state index contributed by atoms with van der Waals surface area (Å²) in [6, 6.07) is 0. The third kappa shape index (κ3) is 9.42. The topological polar surface area (TPSA) is 77.7 Å². The van der Waals surface area contributed by atoms with Crippen LogP contribution < -0.4 is 0 Å². The molecule has 12 nitrogen and oxygen atoms in total. The van der Waals surface area contributed by atoms with Gasteiger partial charge in [0.25, 0.3) is 0 Å². The molecule has 278 valence electrons. The third-order valence-corrected chi connectivity index (χ3v) is 21.6. The normalized spacial score (nSPS) is 23.0. The standard InChI is InChI=1S/C32H75N12P3/c1-31(2,3)34-46(38(11)12,40(14)27-26-39(13)45(33,36(7)8)37(9)10)41(15)28-30-20-25-44(29-30)47(35-32(4,5)6,42-21-16-17-22-42)43-23-18-19-24-43/h30,33H,16-29H2,1-15H3. The van der Waals surface area contributed by atoms with E-state index in [0.29, 0.717) is 5.92 Å². The number of nitrogens with zero attached hydrogens (tertiary/aromatic N) is 11. The van der Waals surface area contributed by atoms with Gasteiger partial charge in [-0.1, -0.05) is 0 Å². The van der Waals surface area contributed by atoms with Crippen LogP contribution >= 0.6 is 22.5 Å². The van der Waals surface area contributed by atoms with Gasteiger partial charge in [-0.3, -0.25) is 28.7 Å². The molecular weight excluding hydrogens is 645 g/mol. The molecule has 0 saturated carbocycles. The van der Waals surface area contributed by atoms with Crippen molar-refractivity contribution in [1.82, 2.24) is 42.0 Å². The first-order chi connectivity index (χ1) is 21.6. The van der Waals surface area contributed by atoms with E-state index in [4.69, 9.17) is 9.49 Å². The SMILES string of the molecule is CN(C)P(=N)(N(C)C)N(C)CCN(C)P(=NC(C)(C)C)(N(C)C)N(C)CC1CCN(P(=NC(C)(C)C)(N2CCCC2)N2CCCC2)C1. The summed E-state index contributed by atoms with van der Waals surface area (Å²) in [5.41, 5.74) is -0.260. The first-order valence-corrected chi connectivity index (χ1v) is 22.8. The molecule has 0 aromatic rings. The Labute approximate surface area is 291 Å². The molecule has 0 aromatic carbocycles. The van der Waals surface area contributed by atoms with E-state index < -0.39 is 22.5 Å². The molecule has 3 aliphatic heterocycles. The van der Waals surface area contributed by atoms with Crippen LogP contribution in [0.4, 0.5) is 0 Å². The molecule has 0 bridgehead atoms. The lowest BCUT2D eigenvalue weighted by Crippen LogP contribution is -2.42. The summed E-state index contributed by atoms with van der Waals surface area (Å²) in [7, 11) is 12.8. The Morgan fingerprint density at radius 3 is 1.45 bits per heavy atom. The minimum atomic E-state index is -2.32. The number of rotatable bonds is 14. The van der Waals surface area contributed by atoms with E-state index in [9.17, 15) is 5.16 Å². The van der Waals surface area contributed by atoms with Crippen molar-refractivity contribution in [3.8, 4) is 0 Å². The highest BCUT2D eigenvalue weighted by Gasteiger charge is 2.47. The fraction of sp³-hybridized carbons (Fsp3) is 1.00. The Morgan fingerprint density at radius 1 is 0.596 bits per heavy atom. The summed E-state index contributed by atoms with van der Waals surface area (Å²) in [5.74, 6) is 0.569. The highest BCUT2D eigenvalue weighted by atomic mass is 31.2. The van der Waals surface area contributed by atoms with E-state index in [2.05, 4.69) is 119 Å². The lowest BCUT2D eigenvalue weighted by Gasteiger charge is -2.48. The zero-order chi connectivity index (χ0) is 35.6. The molecule has 2 atom stereocenters. The Kier molecular flexibility index (Phi) is 14.5. The summed E-state index contributed by atoms with van der Waals surface area (Å²) >= 11 is 0. The zero-order valence-corrected chi connectivity index (χ0v) is 35.9. The largest absolute Gasteiger partial charge is 0.277 e. The second-order valence-corrected chi connectivity index (χ2v) is 26.5. The minimum Gasteiger partial charge on any atom is -0.277 e. The van der Waals surface area contributed by atoms with E-state index in [1.165, 1.54) is 58.3 Å². The van der Waals surface area contributed by atoms with Crippen molar-refractivity contribution < 1.29 is 0 Å². The van der Waals surface area contributed by atoms with Crippen LogP contribution in [-0.2, 0) is 0 Å². The van der Waals surface area contributed by atoms with Crippen LogP contribution in [0.1, 0.15) is 73.6 Å². The molecule has 0 spiro atoms. The molecule has 15 heteroatoms. The summed E-state index contributed by atoms with van der Waals surface area (Å²) in [6.45, 7) is 23.3. The highest BCUT2D eigenvalue weighted by molar-refractivity contribution is 7.59. The molecule has 3 heterocycles. The fourth-order valence-electron chi connectivity index (χ4n) is 7.80. The van der Waals surface area contributed by atoms with Crippen molar-refractivity contribution in [2.24, 2.45) is 15.4 Å². The smallest absolute Gasteiger partial charge is 0.168 e. The van der Waals surface area contributed by atoms with Crippen LogP contribution in [-0.4, -0.2) is 175 Å². The molecule has 3 rings (SSSR count).